The fraction of sp³-hybridized carbons (Fsp3) is 0.429. The van der Waals surface area contributed by atoms with Crippen molar-refractivity contribution in [2.45, 2.75) is 57.3 Å². The monoisotopic (exact) mass is 276 g/mol. The zero-order chi connectivity index (χ0) is 14.1. The van der Waals surface area contributed by atoms with Crippen LogP contribution in [0.5, 0.6) is 0 Å². The zero-order valence-electron chi connectivity index (χ0n) is 12.8. The van der Waals surface area contributed by atoms with Crippen LogP contribution in [0.2, 0.25) is 0 Å². The Hall–Kier alpha value is -1.56. The third-order valence-electron chi connectivity index (χ3n) is 5.43. The van der Waals surface area contributed by atoms with E-state index in [0.717, 1.165) is 12.3 Å². The van der Waals surface area contributed by atoms with Gasteiger partial charge in [0.2, 0.25) is 0 Å². The number of fused-ring (bicyclic) bond motifs is 3. The molecule has 21 heavy (non-hydrogen) atoms. The van der Waals surface area contributed by atoms with Crippen molar-refractivity contribution < 1.29 is 0 Å². The highest BCUT2D eigenvalue weighted by atomic mass is 14.3. The minimum absolute atomic E-state index is 0.801. The molecule has 0 heteroatoms. The third-order valence-corrected chi connectivity index (χ3v) is 5.43. The van der Waals surface area contributed by atoms with E-state index < -0.39 is 0 Å². The average Bonchev–Trinajstić information content (AvgIpc) is 2.86. The highest BCUT2D eigenvalue weighted by Crippen LogP contribution is 2.42. The van der Waals surface area contributed by atoms with Gasteiger partial charge in [0.15, 0.2) is 0 Å². The Balaban J connectivity index is 1.72. The van der Waals surface area contributed by atoms with E-state index in [-0.39, 0.29) is 0 Å². The van der Waals surface area contributed by atoms with Crippen LogP contribution in [-0.4, -0.2) is 0 Å². The highest BCUT2D eigenvalue weighted by molar-refractivity contribution is 5.78. The molecule has 0 saturated heterocycles. The van der Waals surface area contributed by atoms with Crippen LogP contribution in [0.3, 0.4) is 0 Å². The van der Waals surface area contributed by atoms with Gasteiger partial charge in [0, 0.05) is 0 Å². The largest absolute Gasteiger partial charge is 0.0619 e. The van der Waals surface area contributed by atoms with Crippen LogP contribution in [0.25, 0.3) is 11.1 Å². The summed E-state index contributed by atoms with van der Waals surface area (Å²) >= 11 is 0. The van der Waals surface area contributed by atoms with Crippen LogP contribution in [0, 0.1) is 0 Å². The fourth-order valence-electron chi connectivity index (χ4n) is 4.33. The van der Waals surface area contributed by atoms with Gasteiger partial charge in [0.25, 0.3) is 0 Å². The van der Waals surface area contributed by atoms with Gasteiger partial charge in [-0.3, -0.25) is 0 Å². The van der Waals surface area contributed by atoms with Crippen molar-refractivity contribution in [1.82, 2.24) is 0 Å². The molecule has 108 valence electrons. The first kappa shape index (κ1) is 13.1. The number of hydrogen-bond donors (Lipinski definition) is 0. The van der Waals surface area contributed by atoms with E-state index in [1.165, 1.54) is 61.6 Å². The van der Waals surface area contributed by atoms with Crippen molar-refractivity contribution in [1.29, 1.82) is 0 Å². The van der Waals surface area contributed by atoms with Crippen molar-refractivity contribution in [2.24, 2.45) is 0 Å². The first-order valence-corrected chi connectivity index (χ1v) is 8.63. The molecule has 2 aromatic carbocycles. The minimum Gasteiger partial charge on any atom is -0.0619 e. The highest BCUT2D eigenvalue weighted by Gasteiger charge is 2.24. The first-order valence-electron chi connectivity index (χ1n) is 8.63. The quantitative estimate of drug-likeness (QED) is 0.505. The molecule has 2 aliphatic carbocycles. The van der Waals surface area contributed by atoms with E-state index >= 15 is 0 Å². The van der Waals surface area contributed by atoms with Gasteiger partial charge in [-0.05, 0) is 53.0 Å². The Labute approximate surface area is 128 Å². The van der Waals surface area contributed by atoms with Gasteiger partial charge in [-0.2, -0.15) is 0 Å². The van der Waals surface area contributed by atoms with Crippen LogP contribution in [-0.2, 0) is 6.42 Å². The summed E-state index contributed by atoms with van der Waals surface area (Å²) in [5, 5.41) is 0. The Bertz CT molecular complexity index is 630. The normalized spacial score (nSPS) is 18.7. The summed E-state index contributed by atoms with van der Waals surface area (Å²) in [5.74, 6) is 0.801. The second-order valence-electron chi connectivity index (χ2n) is 6.75. The topological polar surface area (TPSA) is 0 Å². The first-order chi connectivity index (χ1) is 10.4. The van der Waals surface area contributed by atoms with Crippen LogP contribution in [0.4, 0.5) is 0 Å². The summed E-state index contributed by atoms with van der Waals surface area (Å²) in [5.41, 5.74) is 7.78. The Morgan fingerprint density at radius 1 is 0.667 bits per heavy atom. The molecule has 0 spiro atoms. The lowest BCUT2D eigenvalue weighted by atomic mass is 9.83. The van der Waals surface area contributed by atoms with Gasteiger partial charge in [0.05, 0.1) is 0 Å². The molecule has 2 aromatic rings. The molecule has 0 bridgehead atoms. The Kier molecular flexibility index (Phi) is 3.55. The molecule has 0 aliphatic heterocycles. The van der Waals surface area contributed by atoms with Crippen molar-refractivity contribution in [2.75, 3.05) is 0 Å². The molecular weight excluding hydrogens is 252 g/mol. The van der Waals surface area contributed by atoms with Crippen LogP contribution >= 0.6 is 0 Å². The van der Waals surface area contributed by atoms with Crippen LogP contribution < -0.4 is 0 Å². The van der Waals surface area contributed by atoms with E-state index in [2.05, 4.69) is 42.5 Å². The summed E-state index contributed by atoms with van der Waals surface area (Å²) < 4.78 is 0. The molecule has 1 fully saturated rings. The van der Waals surface area contributed by atoms with Gasteiger partial charge < -0.3 is 0 Å². The van der Waals surface area contributed by atoms with Crippen molar-refractivity contribution in [3.8, 4) is 11.1 Å². The SMILES string of the molecule is c1ccc2c(c1)Cc1c-2cccc1C1CCCCCCC1. The van der Waals surface area contributed by atoms with Gasteiger partial charge in [-0.1, -0.05) is 74.6 Å². The lowest BCUT2D eigenvalue weighted by molar-refractivity contribution is 0.454. The number of benzene rings is 2. The number of hydrogen-bond acceptors (Lipinski definition) is 0. The minimum atomic E-state index is 0.801. The lowest BCUT2D eigenvalue weighted by Crippen LogP contribution is -2.05. The van der Waals surface area contributed by atoms with Crippen molar-refractivity contribution in [3.05, 3.63) is 59.2 Å². The van der Waals surface area contributed by atoms with Gasteiger partial charge >= 0.3 is 0 Å². The standard InChI is InChI=1S/C21H24/c1-2-4-9-16(10-5-3-1)18-13-8-14-20-19-12-7-6-11-17(19)15-21(18)20/h6-8,11-14,16H,1-5,9-10,15H2. The second kappa shape index (κ2) is 5.67. The zero-order valence-corrected chi connectivity index (χ0v) is 12.8. The van der Waals surface area contributed by atoms with E-state index in [4.69, 9.17) is 0 Å². The molecule has 0 radical (unpaired) electrons. The predicted octanol–water partition coefficient (Wildman–Crippen LogP) is 6.09. The maximum atomic E-state index is 2.41. The maximum absolute atomic E-state index is 2.41. The molecule has 1 saturated carbocycles. The molecule has 0 aromatic heterocycles. The lowest BCUT2D eigenvalue weighted by Gasteiger charge is -2.22. The van der Waals surface area contributed by atoms with Crippen LogP contribution in [0.15, 0.2) is 42.5 Å². The van der Waals surface area contributed by atoms with Crippen molar-refractivity contribution in [3.63, 3.8) is 0 Å². The van der Waals surface area contributed by atoms with Gasteiger partial charge in [-0.15, -0.1) is 0 Å². The summed E-state index contributed by atoms with van der Waals surface area (Å²) in [6.07, 6.45) is 11.1. The van der Waals surface area contributed by atoms with Gasteiger partial charge in [0.1, 0.15) is 0 Å². The van der Waals surface area contributed by atoms with E-state index in [1.807, 2.05) is 0 Å². The molecule has 0 atom stereocenters. The predicted molar refractivity (Wildman–Crippen MR) is 89.7 cm³/mol. The molecule has 0 amide bonds. The Morgan fingerprint density at radius 3 is 2.24 bits per heavy atom. The van der Waals surface area contributed by atoms with E-state index in [0.29, 0.717) is 0 Å². The molecule has 2 aliphatic rings. The maximum Gasteiger partial charge on any atom is -0.00106 e. The Morgan fingerprint density at radius 2 is 1.38 bits per heavy atom. The third kappa shape index (κ3) is 2.41. The van der Waals surface area contributed by atoms with Crippen molar-refractivity contribution >= 4 is 0 Å². The van der Waals surface area contributed by atoms with E-state index in [9.17, 15) is 0 Å². The molecule has 0 nitrogen and oxygen atoms in total. The molecule has 0 unspecified atom stereocenters. The summed E-state index contributed by atoms with van der Waals surface area (Å²) in [6.45, 7) is 0. The van der Waals surface area contributed by atoms with Crippen LogP contribution in [0.1, 0.15) is 67.6 Å². The molecular formula is C21H24. The fourth-order valence-corrected chi connectivity index (χ4v) is 4.33. The number of rotatable bonds is 1. The second-order valence-corrected chi connectivity index (χ2v) is 6.75. The van der Waals surface area contributed by atoms with E-state index in [1.54, 1.807) is 11.1 Å². The smallest absolute Gasteiger partial charge is 0.00106 e. The molecule has 0 heterocycles. The summed E-state index contributed by atoms with van der Waals surface area (Å²) in [7, 11) is 0. The molecule has 4 rings (SSSR count). The average molecular weight is 276 g/mol. The summed E-state index contributed by atoms with van der Waals surface area (Å²) in [6, 6.07) is 16.0. The van der Waals surface area contributed by atoms with Gasteiger partial charge in [-0.25, -0.2) is 0 Å². The summed E-state index contributed by atoms with van der Waals surface area (Å²) in [4.78, 5) is 0. The molecule has 0 N–H and O–H groups in total.